The van der Waals surface area contributed by atoms with Crippen LogP contribution < -0.4 is 10.9 Å². The lowest BCUT2D eigenvalue weighted by atomic mass is 9.86. The van der Waals surface area contributed by atoms with E-state index in [4.69, 9.17) is 4.74 Å². The molecule has 1 aliphatic heterocycles. The predicted octanol–water partition coefficient (Wildman–Crippen LogP) is 2.56. The van der Waals surface area contributed by atoms with Gasteiger partial charge in [-0.15, -0.1) is 11.3 Å². The number of thiophene rings is 1. The van der Waals surface area contributed by atoms with Crippen molar-refractivity contribution < 1.29 is 9.53 Å². The maximum Gasteiger partial charge on any atom is 0.336 e. The Hall–Kier alpha value is -2.06. The van der Waals surface area contributed by atoms with E-state index in [0.717, 1.165) is 4.88 Å². The monoisotopic (exact) mass is 349 g/mol. The van der Waals surface area contributed by atoms with Gasteiger partial charge in [0.25, 0.3) is 5.56 Å². The molecule has 0 fully saturated rings. The molecule has 0 radical (unpaired) electrons. The molecule has 2 N–H and O–H groups in total. The molecule has 1 unspecified atom stereocenters. The average Bonchev–Trinajstić information content (AvgIpc) is 3.06. The fourth-order valence-corrected chi connectivity index (χ4v) is 3.87. The molecule has 1 atom stereocenters. The van der Waals surface area contributed by atoms with Crippen LogP contribution in [-0.4, -0.2) is 29.3 Å². The predicted molar refractivity (Wildman–Crippen MR) is 91.1 cm³/mol. The van der Waals surface area contributed by atoms with Crippen molar-refractivity contribution in [2.45, 2.75) is 18.0 Å². The summed E-state index contributed by atoms with van der Waals surface area (Å²) in [6.07, 6.45) is 1.84. The van der Waals surface area contributed by atoms with Crippen LogP contribution in [0.2, 0.25) is 0 Å². The van der Waals surface area contributed by atoms with E-state index in [0.29, 0.717) is 27.8 Å². The van der Waals surface area contributed by atoms with Crippen molar-refractivity contribution in [3.05, 3.63) is 49.6 Å². The van der Waals surface area contributed by atoms with Gasteiger partial charge in [0.05, 0.1) is 24.2 Å². The van der Waals surface area contributed by atoms with Gasteiger partial charge in [-0.3, -0.25) is 4.79 Å². The first-order chi connectivity index (χ1) is 11.1. The summed E-state index contributed by atoms with van der Waals surface area (Å²) in [4.78, 5) is 33.0. The van der Waals surface area contributed by atoms with Gasteiger partial charge < -0.3 is 15.0 Å². The number of fused-ring (bicyclic) bond motifs is 1. The van der Waals surface area contributed by atoms with Crippen molar-refractivity contribution in [1.29, 1.82) is 0 Å². The number of H-pyrrole nitrogens is 1. The third kappa shape index (κ3) is 2.68. The number of hydrogen-bond donors (Lipinski definition) is 2. The molecule has 0 amide bonds. The van der Waals surface area contributed by atoms with Crippen LogP contribution in [0.4, 0.5) is 5.82 Å². The Kier molecular flexibility index (Phi) is 4.27. The number of carbonyl (C=O) groups is 1. The highest BCUT2D eigenvalue weighted by molar-refractivity contribution is 7.98. The van der Waals surface area contributed by atoms with Crippen molar-refractivity contribution in [2.24, 2.45) is 0 Å². The molecule has 0 aliphatic carbocycles. The fourth-order valence-electron chi connectivity index (χ4n) is 2.65. The van der Waals surface area contributed by atoms with Gasteiger partial charge in [0.15, 0.2) is 5.16 Å². The number of hydrogen-bond acceptors (Lipinski definition) is 7. The van der Waals surface area contributed by atoms with E-state index in [1.807, 2.05) is 23.8 Å². The van der Waals surface area contributed by atoms with E-state index in [2.05, 4.69) is 15.3 Å². The Morgan fingerprint density at radius 2 is 2.26 bits per heavy atom. The molecule has 1 aliphatic rings. The molecule has 3 rings (SSSR count). The highest BCUT2D eigenvalue weighted by Crippen LogP contribution is 2.41. The lowest BCUT2D eigenvalue weighted by molar-refractivity contribution is -0.136. The van der Waals surface area contributed by atoms with Gasteiger partial charge in [0.1, 0.15) is 5.82 Å². The molecule has 0 aromatic carbocycles. The van der Waals surface area contributed by atoms with Crippen LogP contribution in [0, 0.1) is 0 Å². The number of rotatable bonds is 3. The zero-order chi connectivity index (χ0) is 16.6. The normalized spacial score (nSPS) is 16.7. The quantitative estimate of drug-likeness (QED) is 0.503. The lowest BCUT2D eigenvalue weighted by Gasteiger charge is -2.27. The van der Waals surface area contributed by atoms with E-state index in [1.54, 1.807) is 6.92 Å². The SMILES string of the molecule is COC(=O)C1=C(C)Nc2nc(SC)[nH]c(=O)c2C1c1cccs1. The Morgan fingerprint density at radius 3 is 2.87 bits per heavy atom. The Bertz CT molecular complexity index is 840. The van der Waals surface area contributed by atoms with E-state index in [-0.39, 0.29) is 5.56 Å². The molecule has 0 spiro atoms. The zero-order valence-electron chi connectivity index (χ0n) is 12.8. The summed E-state index contributed by atoms with van der Waals surface area (Å²) in [5.41, 5.74) is 1.27. The number of aromatic nitrogens is 2. The fraction of sp³-hybridized carbons (Fsp3) is 0.267. The van der Waals surface area contributed by atoms with E-state index in [1.165, 1.54) is 30.2 Å². The van der Waals surface area contributed by atoms with Gasteiger partial charge in [-0.2, -0.15) is 0 Å². The van der Waals surface area contributed by atoms with Gasteiger partial charge in [-0.05, 0) is 24.6 Å². The summed E-state index contributed by atoms with van der Waals surface area (Å²) in [5.74, 6) is -0.445. The third-order valence-corrected chi connectivity index (χ3v) is 5.16. The smallest absolute Gasteiger partial charge is 0.336 e. The van der Waals surface area contributed by atoms with Crippen LogP contribution in [0.25, 0.3) is 0 Å². The molecular weight excluding hydrogens is 334 g/mol. The number of aromatic amines is 1. The number of methoxy groups -OCH3 is 1. The minimum Gasteiger partial charge on any atom is -0.466 e. The Morgan fingerprint density at radius 1 is 1.48 bits per heavy atom. The van der Waals surface area contributed by atoms with Crippen LogP contribution >= 0.6 is 23.1 Å². The summed E-state index contributed by atoms with van der Waals surface area (Å²) in [7, 11) is 1.34. The lowest BCUT2D eigenvalue weighted by Crippen LogP contribution is -2.30. The second-order valence-corrected chi connectivity index (χ2v) is 6.72. The number of anilines is 1. The summed E-state index contributed by atoms with van der Waals surface area (Å²) in [5, 5.41) is 5.52. The summed E-state index contributed by atoms with van der Waals surface area (Å²) < 4.78 is 4.92. The standard InChI is InChI=1S/C15H15N3O3S2/c1-7-9(14(20)21-2)10(8-5-4-6-23-8)11-12(16-7)17-15(22-3)18-13(11)19/h4-6,10H,1-3H3,(H2,16,17,18,19). The number of nitrogens with zero attached hydrogens (tertiary/aromatic N) is 1. The first-order valence-electron chi connectivity index (χ1n) is 6.84. The van der Waals surface area contributed by atoms with Gasteiger partial charge in [0.2, 0.25) is 0 Å². The number of esters is 1. The number of nitrogens with one attached hydrogen (secondary N) is 2. The average molecular weight is 349 g/mol. The molecule has 0 saturated carbocycles. The molecule has 6 nitrogen and oxygen atoms in total. The maximum atomic E-state index is 12.6. The first kappa shape index (κ1) is 15.8. The molecule has 8 heteroatoms. The van der Waals surface area contributed by atoms with Gasteiger partial charge >= 0.3 is 5.97 Å². The van der Waals surface area contributed by atoms with Gasteiger partial charge in [0, 0.05) is 10.6 Å². The highest BCUT2D eigenvalue weighted by Gasteiger charge is 2.36. The maximum absolute atomic E-state index is 12.6. The highest BCUT2D eigenvalue weighted by atomic mass is 32.2. The minimum absolute atomic E-state index is 0.251. The van der Waals surface area contributed by atoms with Gasteiger partial charge in [-0.1, -0.05) is 17.8 Å². The van der Waals surface area contributed by atoms with Crippen molar-refractivity contribution in [3.63, 3.8) is 0 Å². The largest absolute Gasteiger partial charge is 0.466 e. The third-order valence-electron chi connectivity index (χ3n) is 3.65. The molecule has 0 bridgehead atoms. The number of carbonyl (C=O) groups excluding carboxylic acids is 1. The Balaban J connectivity index is 2.27. The molecule has 23 heavy (non-hydrogen) atoms. The topological polar surface area (TPSA) is 84.1 Å². The minimum atomic E-state index is -0.481. The van der Waals surface area contributed by atoms with Crippen molar-refractivity contribution in [2.75, 3.05) is 18.7 Å². The summed E-state index contributed by atoms with van der Waals surface area (Å²) >= 11 is 2.85. The molecule has 2 aromatic rings. The number of ether oxygens (including phenoxy) is 1. The van der Waals surface area contributed by atoms with Crippen LogP contribution in [-0.2, 0) is 9.53 Å². The van der Waals surface area contributed by atoms with Crippen LogP contribution in [0.5, 0.6) is 0 Å². The number of thioether (sulfide) groups is 1. The molecule has 3 heterocycles. The van der Waals surface area contributed by atoms with Crippen LogP contribution in [0.3, 0.4) is 0 Å². The molecule has 120 valence electrons. The summed E-state index contributed by atoms with van der Waals surface area (Å²) in [6.45, 7) is 1.79. The molecule has 2 aromatic heterocycles. The molecular formula is C15H15N3O3S2. The van der Waals surface area contributed by atoms with E-state index < -0.39 is 11.9 Å². The second-order valence-electron chi connectivity index (χ2n) is 4.94. The van der Waals surface area contributed by atoms with Crippen molar-refractivity contribution >= 4 is 34.9 Å². The number of allylic oxidation sites excluding steroid dienone is 1. The van der Waals surface area contributed by atoms with E-state index in [9.17, 15) is 9.59 Å². The first-order valence-corrected chi connectivity index (χ1v) is 8.95. The van der Waals surface area contributed by atoms with Crippen molar-refractivity contribution in [1.82, 2.24) is 9.97 Å². The van der Waals surface area contributed by atoms with Gasteiger partial charge in [-0.25, -0.2) is 9.78 Å². The van der Waals surface area contributed by atoms with Crippen LogP contribution in [0.15, 0.2) is 38.7 Å². The molecule has 0 saturated heterocycles. The second kappa shape index (κ2) is 6.21. The Labute approximate surface area is 141 Å². The van der Waals surface area contributed by atoms with Crippen LogP contribution in [0.1, 0.15) is 23.3 Å². The van der Waals surface area contributed by atoms with E-state index >= 15 is 0 Å². The summed E-state index contributed by atoms with van der Waals surface area (Å²) in [6, 6.07) is 3.80. The van der Waals surface area contributed by atoms with Crippen molar-refractivity contribution in [3.8, 4) is 0 Å². The zero-order valence-corrected chi connectivity index (χ0v) is 14.4.